The fourth-order valence-electron chi connectivity index (χ4n) is 2.02. The van der Waals surface area contributed by atoms with Gasteiger partial charge in [-0.05, 0) is 18.6 Å². The molecule has 1 aliphatic rings. The lowest BCUT2D eigenvalue weighted by molar-refractivity contribution is -0.116. The van der Waals surface area contributed by atoms with E-state index < -0.39 is 0 Å². The molecule has 108 valence electrons. The molecule has 0 radical (unpaired) electrons. The maximum atomic E-state index is 11.8. The van der Waals surface area contributed by atoms with Gasteiger partial charge in [0.2, 0.25) is 5.91 Å². The van der Waals surface area contributed by atoms with Crippen molar-refractivity contribution < 1.29 is 19.1 Å². The fourth-order valence-corrected chi connectivity index (χ4v) is 2.02. The van der Waals surface area contributed by atoms with Crippen molar-refractivity contribution in [2.75, 3.05) is 26.0 Å². The third-order valence-corrected chi connectivity index (χ3v) is 3.10. The maximum absolute atomic E-state index is 11.8. The number of carbonyl (C=O) groups excluding carboxylic acids is 2. The molecule has 0 saturated carbocycles. The molecular formula is C14H18N2O4. The number of anilines is 1. The van der Waals surface area contributed by atoms with Crippen molar-refractivity contribution in [2.24, 2.45) is 0 Å². The predicted molar refractivity (Wildman–Crippen MR) is 73.8 cm³/mol. The fraction of sp³-hybridized carbons (Fsp3) is 0.429. The summed E-state index contributed by atoms with van der Waals surface area (Å²) in [4.78, 5) is 24.5. The summed E-state index contributed by atoms with van der Waals surface area (Å²) in [7, 11) is 3.25. The summed E-state index contributed by atoms with van der Waals surface area (Å²) >= 11 is 0. The Morgan fingerprint density at radius 1 is 1.55 bits per heavy atom. The van der Waals surface area contributed by atoms with Crippen molar-refractivity contribution >= 4 is 17.7 Å². The SMILES string of the molecule is COc1cccc(NC(=O)CCC2CN(C)C(=O)O2)c1. The Hall–Kier alpha value is -2.24. The van der Waals surface area contributed by atoms with Gasteiger partial charge in [-0.25, -0.2) is 4.79 Å². The number of nitrogens with zero attached hydrogens (tertiary/aromatic N) is 1. The summed E-state index contributed by atoms with van der Waals surface area (Å²) in [5.41, 5.74) is 0.690. The van der Waals surface area contributed by atoms with E-state index in [2.05, 4.69) is 5.32 Å². The van der Waals surface area contributed by atoms with E-state index in [1.54, 1.807) is 26.3 Å². The van der Waals surface area contributed by atoms with Gasteiger partial charge in [-0.3, -0.25) is 4.79 Å². The van der Waals surface area contributed by atoms with Gasteiger partial charge in [-0.15, -0.1) is 0 Å². The molecule has 0 aliphatic carbocycles. The van der Waals surface area contributed by atoms with Gasteiger partial charge in [-0.1, -0.05) is 6.07 Å². The second-order valence-corrected chi connectivity index (χ2v) is 4.71. The lowest BCUT2D eigenvalue weighted by Crippen LogP contribution is -2.20. The highest BCUT2D eigenvalue weighted by Crippen LogP contribution is 2.18. The molecule has 1 aliphatic heterocycles. The maximum Gasteiger partial charge on any atom is 0.409 e. The highest BCUT2D eigenvalue weighted by molar-refractivity contribution is 5.90. The summed E-state index contributed by atoms with van der Waals surface area (Å²) in [5, 5.41) is 2.79. The molecule has 20 heavy (non-hydrogen) atoms. The second kappa shape index (κ2) is 6.27. The Balaban J connectivity index is 1.79. The second-order valence-electron chi connectivity index (χ2n) is 4.71. The summed E-state index contributed by atoms with van der Waals surface area (Å²) in [6.45, 7) is 0.533. The third kappa shape index (κ3) is 3.63. The minimum atomic E-state index is -0.330. The van der Waals surface area contributed by atoms with Crippen molar-refractivity contribution in [2.45, 2.75) is 18.9 Å². The molecule has 1 saturated heterocycles. The van der Waals surface area contributed by atoms with Crippen LogP contribution in [0.5, 0.6) is 5.75 Å². The van der Waals surface area contributed by atoms with E-state index in [4.69, 9.17) is 9.47 Å². The first-order valence-corrected chi connectivity index (χ1v) is 6.44. The average molecular weight is 278 g/mol. The number of likely N-dealkylation sites (N-methyl/N-ethyl adjacent to an activating group) is 1. The van der Waals surface area contributed by atoms with E-state index in [-0.39, 0.29) is 18.1 Å². The van der Waals surface area contributed by atoms with Crippen molar-refractivity contribution in [3.63, 3.8) is 0 Å². The van der Waals surface area contributed by atoms with Crippen LogP contribution in [0.1, 0.15) is 12.8 Å². The first kappa shape index (κ1) is 14.2. The molecule has 1 aromatic carbocycles. The van der Waals surface area contributed by atoms with E-state index >= 15 is 0 Å². The van der Waals surface area contributed by atoms with Crippen LogP contribution in [-0.2, 0) is 9.53 Å². The van der Waals surface area contributed by atoms with Crippen LogP contribution in [0, 0.1) is 0 Å². The molecular weight excluding hydrogens is 260 g/mol. The number of hydrogen-bond acceptors (Lipinski definition) is 4. The molecule has 2 amide bonds. The first-order valence-electron chi connectivity index (χ1n) is 6.44. The van der Waals surface area contributed by atoms with Gasteiger partial charge >= 0.3 is 6.09 Å². The van der Waals surface area contributed by atoms with Crippen LogP contribution in [0.4, 0.5) is 10.5 Å². The monoisotopic (exact) mass is 278 g/mol. The van der Waals surface area contributed by atoms with Crippen LogP contribution in [0.3, 0.4) is 0 Å². The molecule has 6 nitrogen and oxygen atoms in total. The molecule has 2 rings (SSSR count). The van der Waals surface area contributed by atoms with Gasteiger partial charge < -0.3 is 19.7 Å². The lowest BCUT2D eigenvalue weighted by atomic mass is 10.2. The van der Waals surface area contributed by atoms with Crippen molar-refractivity contribution in [1.29, 1.82) is 0 Å². The summed E-state index contributed by atoms with van der Waals surface area (Å²) in [6, 6.07) is 7.16. The Morgan fingerprint density at radius 3 is 3.00 bits per heavy atom. The van der Waals surface area contributed by atoms with E-state index in [1.165, 1.54) is 4.90 Å². The summed E-state index contributed by atoms with van der Waals surface area (Å²) < 4.78 is 10.2. The van der Waals surface area contributed by atoms with Crippen molar-refractivity contribution in [3.05, 3.63) is 24.3 Å². The molecule has 1 atom stereocenters. The van der Waals surface area contributed by atoms with Crippen LogP contribution in [-0.4, -0.2) is 43.7 Å². The number of ether oxygens (including phenoxy) is 2. The normalized spacial score (nSPS) is 17.8. The minimum absolute atomic E-state index is 0.108. The molecule has 1 N–H and O–H groups in total. The number of cyclic esters (lactones) is 1. The van der Waals surface area contributed by atoms with Gasteiger partial charge in [0.1, 0.15) is 11.9 Å². The van der Waals surface area contributed by atoms with Gasteiger partial charge in [0.05, 0.1) is 13.7 Å². The number of rotatable bonds is 5. The molecule has 1 heterocycles. The third-order valence-electron chi connectivity index (χ3n) is 3.10. The predicted octanol–water partition coefficient (Wildman–Crippen LogP) is 1.86. The first-order chi connectivity index (χ1) is 9.58. The number of nitrogens with one attached hydrogen (secondary N) is 1. The molecule has 1 aromatic rings. The molecule has 0 bridgehead atoms. The number of methoxy groups -OCH3 is 1. The number of carbonyl (C=O) groups is 2. The van der Waals surface area contributed by atoms with Gasteiger partial charge in [0.15, 0.2) is 0 Å². The van der Waals surface area contributed by atoms with E-state index in [1.807, 2.05) is 12.1 Å². The van der Waals surface area contributed by atoms with Crippen molar-refractivity contribution in [1.82, 2.24) is 4.90 Å². The Morgan fingerprint density at radius 2 is 2.35 bits per heavy atom. The largest absolute Gasteiger partial charge is 0.497 e. The smallest absolute Gasteiger partial charge is 0.409 e. The van der Waals surface area contributed by atoms with Gasteiger partial charge in [0, 0.05) is 25.2 Å². The van der Waals surface area contributed by atoms with Crippen LogP contribution in [0.2, 0.25) is 0 Å². The van der Waals surface area contributed by atoms with Gasteiger partial charge in [-0.2, -0.15) is 0 Å². The van der Waals surface area contributed by atoms with Crippen LogP contribution in [0.15, 0.2) is 24.3 Å². The van der Waals surface area contributed by atoms with Crippen LogP contribution >= 0.6 is 0 Å². The molecule has 6 heteroatoms. The highest BCUT2D eigenvalue weighted by Gasteiger charge is 2.28. The van der Waals surface area contributed by atoms with Crippen molar-refractivity contribution in [3.8, 4) is 5.75 Å². The number of amides is 2. The lowest BCUT2D eigenvalue weighted by Gasteiger charge is -2.09. The summed E-state index contributed by atoms with van der Waals surface area (Å²) in [6.07, 6.45) is 0.293. The van der Waals surface area contributed by atoms with E-state index in [9.17, 15) is 9.59 Å². The summed E-state index contributed by atoms with van der Waals surface area (Å²) in [5.74, 6) is 0.581. The Labute approximate surface area is 117 Å². The number of hydrogen-bond donors (Lipinski definition) is 1. The van der Waals surface area contributed by atoms with E-state index in [0.717, 1.165) is 0 Å². The quantitative estimate of drug-likeness (QED) is 0.892. The average Bonchev–Trinajstić information content (AvgIpc) is 2.76. The van der Waals surface area contributed by atoms with Gasteiger partial charge in [0.25, 0.3) is 0 Å². The van der Waals surface area contributed by atoms with Crippen LogP contribution in [0.25, 0.3) is 0 Å². The minimum Gasteiger partial charge on any atom is -0.497 e. The molecule has 0 spiro atoms. The topological polar surface area (TPSA) is 67.9 Å². The van der Waals surface area contributed by atoms with E-state index in [0.29, 0.717) is 30.8 Å². The highest BCUT2D eigenvalue weighted by atomic mass is 16.6. The molecule has 0 aromatic heterocycles. The standard InChI is InChI=1S/C14H18N2O4/c1-16-9-12(20-14(16)18)6-7-13(17)15-10-4-3-5-11(8-10)19-2/h3-5,8,12H,6-7,9H2,1-2H3,(H,15,17). The number of benzene rings is 1. The van der Waals surface area contributed by atoms with Crippen LogP contribution < -0.4 is 10.1 Å². The Kier molecular flexibility index (Phi) is 4.45. The zero-order chi connectivity index (χ0) is 14.5. The molecule has 1 unspecified atom stereocenters. The zero-order valence-corrected chi connectivity index (χ0v) is 11.6. The Bertz CT molecular complexity index is 504. The zero-order valence-electron chi connectivity index (χ0n) is 11.6. The molecule has 1 fully saturated rings.